The fourth-order valence-corrected chi connectivity index (χ4v) is 2.22. The van der Waals surface area contributed by atoms with Crippen LogP contribution in [-0.2, 0) is 6.54 Å². The molecule has 2 N–H and O–H groups in total. The molecule has 0 aliphatic rings. The van der Waals surface area contributed by atoms with Crippen molar-refractivity contribution in [2.24, 2.45) is 0 Å². The Morgan fingerprint density at radius 1 is 0.905 bits per heavy atom. The number of benzene rings is 2. The summed E-state index contributed by atoms with van der Waals surface area (Å²) >= 11 is 0. The molecule has 4 nitrogen and oxygen atoms in total. The zero-order valence-electron chi connectivity index (χ0n) is 11.4. The topological polar surface area (TPSA) is 58.3 Å². The lowest BCUT2D eigenvalue weighted by molar-refractivity contribution is 0.426. The monoisotopic (exact) mass is 278 g/mol. The molecule has 0 atom stereocenters. The number of aromatic nitrogens is 2. The van der Waals surface area contributed by atoms with Gasteiger partial charge in [0.05, 0.1) is 12.7 Å². The van der Waals surface area contributed by atoms with Gasteiger partial charge in [0.1, 0.15) is 0 Å². The van der Waals surface area contributed by atoms with Crippen molar-refractivity contribution in [3.8, 4) is 11.1 Å². The van der Waals surface area contributed by atoms with E-state index in [4.69, 9.17) is 10.0 Å². The molecular formula is C16H15BN2O2. The molecule has 0 saturated heterocycles. The second-order valence-corrected chi connectivity index (χ2v) is 4.91. The summed E-state index contributed by atoms with van der Waals surface area (Å²) < 4.78 is 1.89. The van der Waals surface area contributed by atoms with Crippen LogP contribution in [0.5, 0.6) is 0 Å². The highest BCUT2D eigenvalue weighted by Crippen LogP contribution is 2.17. The molecule has 0 unspecified atom stereocenters. The van der Waals surface area contributed by atoms with Crippen molar-refractivity contribution >= 4 is 12.6 Å². The van der Waals surface area contributed by atoms with E-state index < -0.39 is 7.12 Å². The van der Waals surface area contributed by atoms with Crippen molar-refractivity contribution in [3.05, 3.63) is 72.6 Å². The fourth-order valence-electron chi connectivity index (χ4n) is 2.22. The maximum Gasteiger partial charge on any atom is 0.488 e. The van der Waals surface area contributed by atoms with Crippen LogP contribution in [0.15, 0.2) is 67.0 Å². The lowest BCUT2D eigenvalue weighted by Crippen LogP contribution is -2.29. The maximum atomic E-state index is 9.09. The summed E-state index contributed by atoms with van der Waals surface area (Å²) in [6, 6.07) is 17.3. The normalized spacial score (nSPS) is 10.6. The predicted octanol–water partition coefficient (Wildman–Crippen LogP) is 1.28. The molecule has 5 heteroatoms. The quantitative estimate of drug-likeness (QED) is 0.707. The van der Waals surface area contributed by atoms with Gasteiger partial charge in [-0.05, 0) is 16.6 Å². The molecule has 1 heterocycles. The molecule has 0 fully saturated rings. The highest BCUT2D eigenvalue weighted by molar-refractivity contribution is 6.58. The molecule has 0 aliphatic carbocycles. The number of hydrogen-bond donors (Lipinski definition) is 2. The third-order valence-electron chi connectivity index (χ3n) is 3.36. The zero-order valence-corrected chi connectivity index (χ0v) is 11.4. The molecular weight excluding hydrogens is 263 g/mol. The molecule has 3 rings (SSSR count). The SMILES string of the molecule is OB(O)c1ccc(-c2cnn(Cc3ccccc3)c2)cc1. The van der Waals surface area contributed by atoms with Crippen LogP contribution in [0.25, 0.3) is 11.1 Å². The standard InChI is InChI=1S/C16H15BN2O2/c20-17(21)16-8-6-14(7-9-16)15-10-18-19(12-15)11-13-4-2-1-3-5-13/h1-10,12,20-21H,11H2. The average molecular weight is 278 g/mol. The maximum absolute atomic E-state index is 9.09. The largest absolute Gasteiger partial charge is 0.488 e. The van der Waals surface area contributed by atoms with Crippen molar-refractivity contribution in [1.29, 1.82) is 0 Å². The molecule has 0 spiro atoms. The Bertz CT molecular complexity index is 709. The zero-order chi connectivity index (χ0) is 14.7. The van der Waals surface area contributed by atoms with Gasteiger partial charge in [0.2, 0.25) is 0 Å². The van der Waals surface area contributed by atoms with Gasteiger partial charge in [-0.15, -0.1) is 0 Å². The lowest BCUT2D eigenvalue weighted by Gasteiger charge is -2.02. The summed E-state index contributed by atoms with van der Waals surface area (Å²) in [6.07, 6.45) is 3.80. The van der Waals surface area contributed by atoms with Crippen LogP contribution in [0.4, 0.5) is 0 Å². The second-order valence-electron chi connectivity index (χ2n) is 4.91. The van der Waals surface area contributed by atoms with Gasteiger partial charge < -0.3 is 10.0 Å². The van der Waals surface area contributed by atoms with E-state index >= 15 is 0 Å². The van der Waals surface area contributed by atoms with Gasteiger partial charge in [0.25, 0.3) is 0 Å². The molecule has 1 aromatic heterocycles. The van der Waals surface area contributed by atoms with E-state index in [1.54, 1.807) is 12.1 Å². The average Bonchev–Trinajstić information content (AvgIpc) is 2.97. The summed E-state index contributed by atoms with van der Waals surface area (Å²) in [4.78, 5) is 0. The number of nitrogens with zero attached hydrogens (tertiary/aromatic N) is 2. The van der Waals surface area contributed by atoms with Crippen LogP contribution in [0.1, 0.15) is 5.56 Å². The van der Waals surface area contributed by atoms with Crippen molar-refractivity contribution in [2.45, 2.75) is 6.54 Å². The summed E-state index contributed by atoms with van der Waals surface area (Å²) in [5.74, 6) is 0. The van der Waals surface area contributed by atoms with Gasteiger partial charge in [0, 0.05) is 11.8 Å². The van der Waals surface area contributed by atoms with Gasteiger partial charge >= 0.3 is 7.12 Å². The Kier molecular flexibility index (Phi) is 3.86. The second kappa shape index (κ2) is 5.95. The van der Waals surface area contributed by atoms with E-state index in [-0.39, 0.29) is 0 Å². The molecule has 104 valence electrons. The van der Waals surface area contributed by atoms with Crippen LogP contribution in [0.3, 0.4) is 0 Å². The van der Waals surface area contributed by atoms with Gasteiger partial charge in [-0.1, -0.05) is 54.6 Å². The summed E-state index contributed by atoms with van der Waals surface area (Å²) in [5, 5.41) is 22.5. The fraction of sp³-hybridized carbons (Fsp3) is 0.0625. The van der Waals surface area contributed by atoms with E-state index in [0.717, 1.165) is 17.7 Å². The molecule has 3 aromatic rings. The van der Waals surface area contributed by atoms with E-state index in [2.05, 4.69) is 17.2 Å². The lowest BCUT2D eigenvalue weighted by atomic mass is 9.80. The Hall–Kier alpha value is -2.37. The minimum atomic E-state index is -1.43. The first-order valence-corrected chi connectivity index (χ1v) is 6.75. The minimum Gasteiger partial charge on any atom is -0.423 e. The molecule has 2 aromatic carbocycles. The molecule has 0 amide bonds. The van der Waals surface area contributed by atoms with Crippen LogP contribution in [0.2, 0.25) is 0 Å². The van der Waals surface area contributed by atoms with E-state index in [1.165, 1.54) is 5.56 Å². The third-order valence-corrected chi connectivity index (χ3v) is 3.36. The first-order valence-electron chi connectivity index (χ1n) is 6.75. The summed E-state index contributed by atoms with van der Waals surface area (Å²) in [7, 11) is -1.43. The highest BCUT2D eigenvalue weighted by Gasteiger charge is 2.10. The van der Waals surface area contributed by atoms with Crippen LogP contribution in [-0.4, -0.2) is 26.9 Å². The van der Waals surface area contributed by atoms with E-state index in [0.29, 0.717) is 5.46 Å². The predicted molar refractivity (Wildman–Crippen MR) is 83.0 cm³/mol. The Balaban J connectivity index is 1.78. The van der Waals surface area contributed by atoms with Crippen molar-refractivity contribution in [1.82, 2.24) is 9.78 Å². The van der Waals surface area contributed by atoms with Crippen LogP contribution >= 0.6 is 0 Å². The molecule has 0 aliphatic heterocycles. The van der Waals surface area contributed by atoms with Crippen LogP contribution in [0, 0.1) is 0 Å². The Labute approximate surface area is 123 Å². The van der Waals surface area contributed by atoms with E-state index in [1.807, 2.05) is 47.4 Å². The summed E-state index contributed by atoms with van der Waals surface area (Å²) in [5.41, 5.74) is 3.69. The van der Waals surface area contributed by atoms with Crippen molar-refractivity contribution < 1.29 is 10.0 Å². The molecule has 0 radical (unpaired) electrons. The van der Waals surface area contributed by atoms with E-state index in [9.17, 15) is 0 Å². The Morgan fingerprint density at radius 3 is 2.29 bits per heavy atom. The third kappa shape index (κ3) is 3.21. The van der Waals surface area contributed by atoms with Gasteiger partial charge in [-0.25, -0.2) is 0 Å². The highest BCUT2D eigenvalue weighted by atomic mass is 16.4. The summed E-state index contributed by atoms with van der Waals surface area (Å²) in [6.45, 7) is 0.730. The van der Waals surface area contributed by atoms with Crippen molar-refractivity contribution in [2.75, 3.05) is 0 Å². The van der Waals surface area contributed by atoms with Gasteiger partial charge in [0.15, 0.2) is 0 Å². The minimum absolute atomic E-state index is 0.482. The van der Waals surface area contributed by atoms with Gasteiger partial charge in [-0.3, -0.25) is 4.68 Å². The van der Waals surface area contributed by atoms with Crippen LogP contribution < -0.4 is 5.46 Å². The first kappa shape index (κ1) is 13.6. The smallest absolute Gasteiger partial charge is 0.423 e. The Morgan fingerprint density at radius 2 is 1.62 bits per heavy atom. The first-order chi connectivity index (χ1) is 10.2. The van der Waals surface area contributed by atoms with Gasteiger partial charge in [-0.2, -0.15) is 5.10 Å². The van der Waals surface area contributed by atoms with Crippen molar-refractivity contribution in [3.63, 3.8) is 0 Å². The molecule has 0 bridgehead atoms. The number of rotatable bonds is 4. The number of hydrogen-bond acceptors (Lipinski definition) is 3. The molecule has 21 heavy (non-hydrogen) atoms. The molecule has 0 saturated carbocycles.